The van der Waals surface area contributed by atoms with E-state index in [1.165, 1.54) is 0 Å². The number of aromatic amines is 1. The number of hydrogen-bond acceptors (Lipinski definition) is 9. The van der Waals surface area contributed by atoms with Crippen LogP contribution in [0.3, 0.4) is 0 Å². The zero-order valence-corrected chi connectivity index (χ0v) is 15.4. The van der Waals surface area contributed by atoms with Gasteiger partial charge < -0.3 is 33.9 Å². The van der Waals surface area contributed by atoms with Gasteiger partial charge in [-0.25, -0.2) is 0 Å². The van der Waals surface area contributed by atoms with Gasteiger partial charge in [-0.05, 0) is 0 Å². The third-order valence-electron chi connectivity index (χ3n) is 5.22. The van der Waals surface area contributed by atoms with Crippen molar-refractivity contribution in [1.29, 1.82) is 0 Å². The highest BCUT2D eigenvalue weighted by atomic mass is 16.5. The summed E-state index contributed by atoms with van der Waals surface area (Å²) >= 11 is 0. The number of aromatic nitrogens is 4. The minimum atomic E-state index is 0.702. The molecule has 0 radical (unpaired) electrons. The van der Waals surface area contributed by atoms with Crippen LogP contribution in [0.5, 0.6) is 0 Å². The van der Waals surface area contributed by atoms with E-state index in [0.717, 1.165) is 81.4 Å². The summed E-state index contributed by atoms with van der Waals surface area (Å²) in [7, 11) is 0. The van der Waals surface area contributed by atoms with E-state index in [0.29, 0.717) is 26.4 Å². The Bertz CT molecular complexity index is 780. The molecule has 2 aromatic heterocycles. The highest BCUT2D eigenvalue weighted by Gasteiger charge is 2.24. The molecule has 5 rings (SSSR count). The zero-order valence-electron chi connectivity index (χ0n) is 15.4. The lowest BCUT2D eigenvalue weighted by molar-refractivity contribution is 0.121. The van der Waals surface area contributed by atoms with Gasteiger partial charge in [-0.2, -0.15) is 15.0 Å². The fourth-order valence-corrected chi connectivity index (χ4v) is 3.69. The molecule has 146 valence electrons. The largest absolute Gasteiger partial charge is 0.378 e. The van der Waals surface area contributed by atoms with Crippen molar-refractivity contribution in [3.63, 3.8) is 0 Å². The molecule has 3 aliphatic rings. The highest BCUT2D eigenvalue weighted by molar-refractivity contribution is 5.86. The monoisotopic (exact) mass is 375 g/mol. The molecular weight excluding hydrogens is 350 g/mol. The first-order valence-corrected chi connectivity index (χ1v) is 9.64. The van der Waals surface area contributed by atoms with Crippen molar-refractivity contribution in [2.24, 2.45) is 0 Å². The van der Waals surface area contributed by atoms with Crippen LogP contribution < -0.4 is 14.7 Å². The average molecular weight is 375 g/mol. The molecule has 0 aromatic carbocycles. The van der Waals surface area contributed by atoms with E-state index in [1.54, 1.807) is 0 Å². The van der Waals surface area contributed by atoms with Crippen LogP contribution in [0.15, 0.2) is 0 Å². The van der Waals surface area contributed by atoms with Gasteiger partial charge in [0, 0.05) is 39.3 Å². The summed E-state index contributed by atoms with van der Waals surface area (Å²) in [6.07, 6.45) is 0. The molecule has 5 heterocycles. The number of anilines is 3. The molecule has 0 aliphatic carbocycles. The number of morpholine rings is 3. The molecule has 0 amide bonds. The van der Waals surface area contributed by atoms with Gasteiger partial charge in [0.05, 0.1) is 39.6 Å². The first kappa shape index (κ1) is 17.0. The van der Waals surface area contributed by atoms with E-state index in [-0.39, 0.29) is 0 Å². The lowest BCUT2D eigenvalue weighted by atomic mass is 10.3. The lowest BCUT2D eigenvalue weighted by Crippen LogP contribution is -2.39. The van der Waals surface area contributed by atoms with Gasteiger partial charge in [-0.3, -0.25) is 0 Å². The lowest BCUT2D eigenvalue weighted by Gasteiger charge is -2.30. The van der Waals surface area contributed by atoms with Gasteiger partial charge in [-0.1, -0.05) is 0 Å². The number of nitrogens with zero attached hydrogens (tertiary/aromatic N) is 6. The fraction of sp³-hybridized carbons (Fsp3) is 0.706. The molecule has 3 fully saturated rings. The first-order chi connectivity index (χ1) is 13.4. The van der Waals surface area contributed by atoms with Gasteiger partial charge in [0.1, 0.15) is 5.52 Å². The Labute approximate surface area is 157 Å². The van der Waals surface area contributed by atoms with Crippen molar-refractivity contribution in [2.45, 2.75) is 0 Å². The minimum absolute atomic E-state index is 0.702. The second-order valence-corrected chi connectivity index (χ2v) is 6.90. The number of H-pyrrole nitrogens is 1. The van der Waals surface area contributed by atoms with Gasteiger partial charge in [-0.15, -0.1) is 0 Å². The van der Waals surface area contributed by atoms with Crippen LogP contribution in [-0.4, -0.2) is 98.8 Å². The Balaban J connectivity index is 1.55. The van der Waals surface area contributed by atoms with E-state index in [9.17, 15) is 0 Å². The molecular formula is C17H25N7O3. The number of nitrogens with one attached hydrogen (secondary N) is 1. The van der Waals surface area contributed by atoms with E-state index in [2.05, 4.69) is 19.7 Å². The number of imidazole rings is 1. The van der Waals surface area contributed by atoms with Gasteiger partial charge in [0.15, 0.2) is 11.5 Å². The second kappa shape index (κ2) is 7.45. The maximum Gasteiger partial charge on any atom is 0.229 e. The average Bonchev–Trinajstić information content (AvgIpc) is 3.19. The van der Waals surface area contributed by atoms with Crippen molar-refractivity contribution in [3.8, 4) is 0 Å². The Morgan fingerprint density at radius 1 is 0.630 bits per heavy atom. The molecule has 10 heteroatoms. The Morgan fingerprint density at radius 2 is 1.19 bits per heavy atom. The summed E-state index contributed by atoms with van der Waals surface area (Å²) in [4.78, 5) is 24.6. The van der Waals surface area contributed by atoms with E-state index in [4.69, 9.17) is 29.2 Å². The van der Waals surface area contributed by atoms with Gasteiger partial charge in [0.2, 0.25) is 11.9 Å². The molecule has 2 aromatic rings. The summed E-state index contributed by atoms with van der Waals surface area (Å²) in [6, 6.07) is 0. The van der Waals surface area contributed by atoms with Crippen molar-refractivity contribution in [1.82, 2.24) is 19.9 Å². The molecule has 0 atom stereocenters. The molecule has 10 nitrogen and oxygen atoms in total. The van der Waals surface area contributed by atoms with Crippen LogP contribution in [0.1, 0.15) is 0 Å². The SMILES string of the molecule is C1CN(c2nc(N3CCOCC3)c3[nH]c(N4CCOCC4)nc3n2)CCO1. The van der Waals surface area contributed by atoms with Crippen molar-refractivity contribution in [2.75, 3.05) is 93.6 Å². The standard InChI is InChI=1S/C17H25N7O3/c1-7-25-8-2-22(1)15-13-14(19-16(18-13)23-3-9-26-10-4-23)20-17(21-15)24-5-11-27-12-6-24/h1-12H2,(H,18,19,20,21). The highest BCUT2D eigenvalue weighted by Crippen LogP contribution is 2.28. The molecule has 0 unspecified atom stereocenters. The van der Waals surface area contributed by atoms with Crippen LogP contribution in [-0.2, 0) is 14.2 Å². The van der Waals surface area contributed by atoms with Crippen LogP contribution in [0, 0.1) is 0 Å². The number of rotatable bonds is 3. The Morgan fingerprint density at radius 3 is 1.81 bits per heavy atom. The predicted octanol–water partition coefficient (Wildman–Crippen LogP) is -0.137. The fourth-order valence-electron chi connectivity index (χ4n) is 3.69. The smallest absolute Gasteiger partial charge is 0.229 e. The Hall–Kier alpha value is -2.17. The quantitative estimate of drug-likeness (QED) is 0.787. The van der Waals surface area contributed by atoms with Gasteiger partial charge in [0.25, 0.3) is 0 Å². The predicted molar refractivity (Wildman–Crippen MR) is 101 cm³/mol. The van der Waals surface area contributed by atoms with E-state index in [1.807, 2.05) is 0 Å². The number of hydrogen-bond donors (Lipinski definition) is 1. The Kier molecular flexibility index (Phi) is 4.68. The second-order valence-electron chi connectivity index (χ2n) is 6.90. The molecule has 3 aliphatic heterocycles. The summed E-state index contributed by atoms with van der Waals surface area (Å²) in [5.74, 6) is 2.49. The number of fused-ring (bicyclic) bond motifs is 1. The third-order valence-corrected chi connectivity index (χ3v) is 5.22. The van der Waals surface area contributed by atoms with Crippen LogP contribution in [0.2, 0.25) is 0 Å². The van der Waals surface area contributed by atoms with Crippen molar-refractivity contribution < 1.29 is 14.2 Å². The van der Waals surface area contributed by atoms with Crippen LogP contribution in [0.25, 0.3) is 11.2 Å². The first-order valence-electron chi connectivity index (χ1n) is 9.64. The molecule has 27 heavy (non-hydrogen) atoms. The van der Waals surface area contributed by atoms with Crippen LogP contribution in [0.4, 0.5) is 17.7 Å². The molecule has 0 bridgehead atoms. The third kappa shape index (κ3) is 3.40. The molecule has 0 saturated carbocycles. The van der Waals surface area contributed by atoms with Gasteiger partial charge >= 0.3 is 0 Å². The summed E-state index contributed by atoms with van der Waals surface area (Å²) < 4.78 is 16.5. The maximum atomic E-state index is 5.52. The topological polar surface area (TPSA) is 91.9 Å². The summed E-state index contributed by atoms with van der Waals surface area (Å²) in [5.41, 5.74) is 1.62. The normalized spacial score (nSPS) is 21.9. The van der Waals surface area contributed by atoms with Crippen molar-refractivity contribution >= 4 is 28.9 Å². The zero-order chi connectivity index (χ0) is 18.1. The van der Waals surface area contributed by atoms with E-state index < -0.39 is 0 Å². The maximum absolute atomic E-state index is 5.52. The molecule has 0 spiro atoms. The van der Waals surface area contributed by atoms with Crippen molar-refractivity contribution in [3.05, 3.63) is 0 Å². The molecule has 1 N–H and O–H groups in total. The summed E-state index contributed by atoms with van der Waals surface area (Å²) in [5, 5.41) is 0. The van der Waals surface area contributed by atoms with Crippen LogP contribution >= 0.6 is 0 Å². The minimum Gasteiger partial charge on any atom is -0.378 e. The van der Waals surface area contributed by atoms with E-state index >= 15 is 0 Å². The summed E-state index contributed by atoms with van der Waals surface area (Å²) in [6.45, 7) is 9.17. The number of ether oxygens (including phenoxy) is 3. The molecule has 3 saturated heterocycles.